The number of urea groups is 1. The molecular formula is C23H30F3N3O5. The van der Waals surface area contributed by atoms with Gasteiger partial charge in [0.15, 0.2) is 0 Å². The molecule has 1 aliphatic heterocycles. The Hall–Kier alpha value is -2.98. The van der Waals surface area contributed by atoms with Crippen molar-refractivity contribution in [3.05, 3.63) is 24.3 Å². The van der Waals surface area contributed by atoms with Crippen LogP contribution in [0.25, 0.3) is 0 Å². The van der Waals surface area contributed by atoms with Crippen LogP contribution >= 0.6 is 0 Å². The lowest BCUT2D eigenvalue weighted by Gasteiger charge is -2.39. The van der Waals surface area contributed by atoms with Gasteiger partial charge in [0, 0.05) is 31.2 Å². The average Bonchev–Trinajstić information content (AvgIpc) is 2.74. The molecule has 0 unspecified atom stereocenters. The third-order valence-corrected chi connectivity index (χ3v) is 6.50. The molecule has 0 spiro atoms. The fraction of sp³-hybridized carbons (Fsp3) is 0.609. The van der Waals surface area contributed by atoms with E-state index in [-0.39, 0.29) is 30.5 Å². The first kappa shape index (κ1) is 25.6. The molecular weight excluding hydrogens is 455 g/mol. The Morgan fingerprint density at radius 3 is 2.21 bits per heavy atom. The number of likely N-dealkylation sites (tertiary alicyclic amines) is 1. The topological polar surface area (TPSA) is 108 Å². The van der Waals surface area contributed by atoms with Crippen molar-refractivity contribution in [2.45, 2.75) is 70.2 Å². The molecule has 11 heteroatoms. The average molecular weight is 486 g/mol. The number of benzene rings is 1. The van der Waals surface area contributed by atoms with E-state index in [1.807, 2.05) is 0 Å². The van der Waals surface area contributed by atoms with Crippen molar-refractivity contribution in [3.63, 3.8) is 0 Å². The second-order valence-corrected chi connectivity index (χ2v) is 9.13. The molecule has 1 aromatic rings. The summed E-state index contributed by atoms with van der Waals surface area (Å²) in [5.74, 6) is -1.28. The third kappa shape index (κ3) is 7.81. The number of anilines is 1. The fourth-order valence-electron chi connectivity index (χ4n) is 4.84. The van der Waals surface area contributed by atoms with Gasteiger partial charge in [0.1, 0.15) is 5.75 Å². The highest BCUT2D eigenvalue weighted by atomic mass is 19.4. The highest BCUT2D eigenvalue weighted by molar-refractivity contribution is 5.89. The first-order valence-corrected chi connectivity index (χ1v) is 11.5. The van der Waals surface area contributed by atoms with E-state index in [0.29, 0.717) is 31.6 Å². The number of halogens is 3. The Morgan fingerprint density at radius 2 is 1.65 bits per heavy atom. The lowest BCUT2D eigenvalue weighted by Crippen LogP contribution is -2.48. The fourth-order valence-corrected chi connectivity index (χ4v) is 4.84. The summed E-state index contributed by atoms with van der Waals surface area (Å²) in [4.78, 5) is 38.2. The molecule has 1 aromatic carbocycles. The minimum atomic E-state index is -4.78. The van der Waals surface area contributed by atoms with E-state index in [2.05, 4.69) is 15.4 Å². The van der Waals surface area contributed by atoms with Crippen LogP contribution in [-0.2, 0) is 9.59 Å². The second kappa shape index (κ2) is 11.0. The van der Waals surface area contributed by atoms with Crippen LogP contribution in [0.3, 0.4) is 0 Å². The smallest absolute Gasteiger partial charge is 0.481 e. The van der Waals surface area contributed by atoms with Crippen LogP contribution in [0.4, 0.5) is 23.7 Å². The van der Waals surface area contributed by atoms with Crippen LogP contribution < -0.4 is 15.4 Å². The van der Waals surface area contributed by atoms with Gasteiger partial charge in [-0.15, -0.1) is 13.2 Å². The minimum Gasteiger partial charge on any atom is -0.481 e. The Balaban J connectivity index is 1.44. The number of nitrogens with zero attached hydrogens (tertiary/aromatic N) is 1. The van der Waals surface area contributed by atoms with Gasteiger partial charge in [-0.2, -0.15) is 0 Å². The predicted molar refractivity (Wildman–Crippen MR) is 117 cm³/mol. The number of nitrogens with one attached hydrogen (secondary N) is 2. The third-order valence-electron chi connectivity index (χ3n) is 6.50. The maximum Gasteiger partial charge on any atom is 0.573 e. The number of piperidine rings is 1. The van der Waals surface area contributed by atoms with Crippen LogP contribution in [0.5, 0.6) is 5.75 Å². The first-order valence-electron chi connectivity index (χ1n) is 11.5. The minimum absolute atomic E-state index is 0.0141. The van der Waals surface area contributed by atoms with E-state index < -0.39 is 23.8 Å². The molecule has 3 N–H and O–H groups in total. The molecule has 2 fully saturated rings. The number of carbonyl (C=O) groups excluding carboxylic acids is 2. The molecule has 0 atom stereocenters. The molecule has 188 valence electrons. The van der Waals surface area contributed by atoms with Gasteiger partial charge in [0.05, 0.1) is 6.42 Å². The van der Waals surface area contributed by atoms with Gasteiger partial charge in [0.25, 0.3) is 0 Å². The zero-order valence-corrected chi connectivity index (χ0v) is 18.8. The van der Waals surface area contributed by atoms with Gasteiger partial charge in [-0.05, 0) is 55.4 Å². The number of amides is 3. The number of carboxylic acid groups (broad SMARTS) is 1. The normalized spacial score (nSPS) is 18.7. The highest BCUT2D eigenvalue weighted by Crippen LogP contribution is 2.42. The van der Waals surface area contributed by atoms with E-state index in [0.717, 1.165) is 44.2 Å². The summed E-state index contributed by atoms with van der Waals surface area (Å²) in [6.45, 7) is 0.937. The summed E-state index contributed by atoms with van der Waals surface area (Å²) in [5, 5.41) is 14.7. The molecule has 3 rings (SSSR count). The maximum absolute atomic E-state index is 12.9. The zero-order chi connectivity index (χ0) is 24.8. The van der Waals surface area contributed by atoms with Crippen LogP contribution in [0, 0.1) is 5.41 Å². The van der Waals surface area contributed by atoms with Crippen molar-refractivity contribution < 1.29 is 37.4 Å². The molecule has 34 heavy (non-hydrogen) atoms. The Labute approximate surface area is 195 Å². The molecule has 0 aromatic heterocycles. The quantitative estimate of drug-likeness (QED) is 0.527. The summed E-state index contributed by atoms with van der Waals surface area (Å²) in [6, 6.07) is 4.18. The monoisotopic (exact) mass is 485 g/mol. The largest absolute Gasteiger partial charge is 0.573 e. The summed E-state index contributed by atoms with van der Waals surface area (Å²) < 4.78 is 40.5. The molecule has 1 aliphatic carbocycles. The molecule has 1 heterocycles. The Bertz CT molecular complexity index is 862. The highest BCUT2D eigenvalue weighted by Gasteiger charge is 2.38. The van der Waals surface area contributed by atoms with Crippen molar-refractivity contribution in [1.82, 2.24) is 10.2 Å². The molecule has 0 radical (unpaired) electrons. The molecule has 0 bridgehead atoms. The summed E-state index contributed by atoms with van der Waals surface area (Å²) >= 11 is 0. The Kier molecular flexibility index (Phi) is 8.27. The number of alkyl halides is 3. The lowest BCUT2D eigenvalue weighted by atomic mass is 9.69. The number of carboxylic acids is 1. The Morgan fingerprint density at radius 1 is 1.03 bits per heavy atom. The van der Waals surface area contributed by atoms with E-state index in [1.54, 1.807) is 4.90 Å². The van der Waals surface area contributed by atoms with Gasteiger partial charge < -0.3 is 25.4 Å². The van der Waals surface area contributed by atoms with Crippen LogP contribution in [0.1, 0.15) is 57.8 Å². The molecule has 1 saturated carbocycles. The molecule has 2 aliphatic rings. The second-order valence-electron chi connectivity index (χ2n) is 9.13. The van der Waals surface area contributed by atoms with Crippen LogP contribution in [-0.4, -0.2) is 53.4 Å². The van der Waals surface area contributed by atoms with Crippen molar-refractivity contribution in [2.75, 3.05) is 18.4 Å². The number of carbonyl (C=O) groups is 3. The molecule has 1 saturated heterocycles. The number of hydrogen-bond donors (Lipinski definition) is 3. The standard InChI is InChI=1S/C23H30F3N3O5/c24-23(25,26)34-18-6-4-16(5-7-18)27-21(33)28-17-8-12-29(13-9-17)19(30)14-22(15-20(31)32)10-2-1-3-11-22/h4-7,17H,1-3,8-15H2,(H,31,32)(H2,27,28,33). The summed E-state index contributed by atoms with van der Waals surface area (Å²) in [6.07, 6.45) is 1.06. The van der Waals surface area contributed by atoms with E-state index in [1.165, 1.54) is 12.1 Å². The van der Waals surface area contributed by atoms with E-state index in [4.69, 9.17) is 0 Å². The van der Waals surface area contributed by atoms with E-state index in [9.17, 15) is 32.7 Å². The van der Waals surface area contributed by atoms with E-state index >= 15 is 0 Å². The predicted octanol–water partition coefficient (Wildman–Crippen LogP) is 4.51. The number of aliphatic carboxylic acids is 1. The van der Waals surface area contributed by atoms with Gasteiger partial charge in [-0.3, -0.25) is 9.59 Å². The van der Waals surface area contributed by atoms with Crippen molar-refractivity contribution in [2.24, 2.45) is 5.41 Å². The van der Waals surface area contributed by atoms with Crippen molar-refractivity contribution in [3.8, 4) is 5.75 Å². The molecule has 3 amide bonds. The van der Waals surface area contributed by atoms with Gasteiger partial charge in [-0.1, -0.05) is 19.3 Å². The summed E-state index contributed by atoms with van der Waals surface area (Å²) in [7, 11) is 0. The SMILES string of the molecule is O=C(O)CC1(CC(=O)N2CCC(NC(=O)Nc3ccc(OC(F)(F)F)cc3)CC2)CCCCC1. The number of ether oxygens (including phenoxy) is 1. The van der Waals surface area contributed by atoms with Crippen molar-refractivity contribution in [1.29, 1.82) is 0 Å². The first-order chi connectivity index (χ1) is 16.0. The van der Waals surface area contributed by atoms with Gasteiger partial charge >= 0.3 is 18.4 Å². The summed E-state index contributed by atoms with van der Waals surface area (Å²) in [5.41, 5.74) is -0.146. The van der Waals surface area contributed by atoms with Crippen LogP contribution in [0.15, 0.2) is 24.3 Å². The van der Waals surface area contributed by atoms with Gasteiger partial charge in [0.2, 0.25) is 5.91 Å². The number of rotatable bonds is 7. The number of hydrogen-bond acceptors (Lipinski definition) is 4. The maximum atomic E-state index is 12.9. The molecule has 8 nitrogen and oxygen atoms in total. The zero-order valence-electron chi connectivity index (χ0n) is 18.8. The van der Waals surface area contributed by atoms with Gasteiger partial charge in [-0.25, -0.2) is 4.79 Å². The van der Waals surface area contributed by atoms with Crippen molar-refractivity contribution >= 4 is 23.6 Å². The van der Waals surface area contributed by atoms with Crippen LogP contribution in [0.2, 0.25) is 0 Å². The lowest BCUT2D eigenvalue weighted by molar-refractivity contribution is -0.274.